The number of piperidine rings is 1. The lowest BCUT2D eigenvalue weighted by atomic mass is 10.1. The molecule has 0 aliphatic carbocycles. The maximum atomic E-state index is 11.8. The van der Waals surface area contributed by atoms with Crippen LogP contribution in [0.15, 0.2) is 40.4 Å². The smallest absolute Gasteiger partial charge is 0.286 e. The number of thioether (sulfide) groups is 1. The molecule has 4 rings (SSSR count). The normalized spacial score (nSPS) is 19.3. The summed E-state index contributed by atoms with van der Waals surface area (Å²) >= 11 is 1.17. The van der Waals surface area contributed by atoms with E-state index >= 15 is 0 Å². The minimum atomic E-state index is -0.317. The first kappa shape index (κ1) is 18.5. The second-order valence-electron chi connectivity index (χ2n) is 6.77. The Bertz CT molecular complexity index is 1010. The summed E-state index contributed by atoms with van der Waals surface area (Å²) in [5.41, 5.74) is 7.29. The number of aromatic nitrogens is 1. The zero-order valence-electron chi connectivity index (χ0n) is 15.4. The van der Waals surface area contributed by atoms with E-state index in [1.165, 1.54) is 11.8 Å². The summed E-state index contributed by atoms with van der Waals surface area (Å²) in [6.07, 6.45) is 5.16. The maximum absolute atomic E-state index is 11.8. The van der Waals surface area contributed by atoms with Crippen LogP contribution < -0.4 is 10.5 Å². The number of likely N-dealkylation sites (tertiary alicyclic amines) is 1. The number of rotatable bonds is 3. The number of pyridine rings is 1. The summed E-state index contributed by atoms with van der Waals surface area (Å²) in [5.74, 6) is 0.546. The molecule has 0 saturated carbocycles. The van der Waals surface area contributed by atoms with E-state index in [9.17, 15) is 9.59 Å². The van der Waals surface area contributed by atoms with Gasteiger partial charge in [-0.2, -0.15) is 4.99 Å². The lowest BCUT2D eigenvalue weighted by Gasteiger charge is -2.31. The molecule has 8 heteroatoms. The monoisotopic (exact) mass is 396 g/mol. The summed E-state index contributed by atoms with van der Waals surface area (Å²) in [6, 6.07) is 7.62. The van der Waals surface area contributed by atoms with Crippen LogP contribution in [0.1, 0.15) is 25.3 Å². The Morgan fingerprint density at radius 1 is 1.32 bits per heavy atom. The first-order valence-corrected chi connectivity index (χ1v) is 9.90. The molecule has 1 fully saturated rings. The Labute approximate surface area is 166 Å². The molecule has 1 aromatic heterocycles. The van der Waals surface area contributed by atoms with Crippen molar-refractivity contribution in [2.24, 2.45) is 10.7 Å². The summed E-state index contributed by atoms with van der Waals surface area (Å²) in [5, 5.41) is 1.15. The molecule has 0 bridgehead atoms. The Morgan fingerprint density at radius 3 is 2.79 bits per heavy atom. The highest BCUT2D eigenvalue weighted by Gasteiger charge is 2.23. The zero-order valence-corrected chi connectivity index (χ0v) is 16.2. The van der Waals surface area contributed by atoms with Crippen LogP contribution in [-0.4, -0.2) is 46.1 Å². The number of nitrogens with zero attached hydrogens (tertiary/aromatic N) is 3. The average molecular weight is 396 g/mol. The van der Waals surface area contributed by atoms with Crippen molar-refractivity contribution in [3.8, 4) is 5.75 Å². The fourth-order valence-corrected chi connectivity index (χ4v) is 4.06. The number of nitrogens with two attached hydrogens (primary N) is 1. The number of aliphatic imine (C=N–C) groups is 1. The number of amides is 2. The molecule has 0 spiro atoms. The highest BCUT2D eigenvalue weighted by atomic mass is 32.2. The summed E-state index contributed by atoms with van der Waals surface area (Å²) in [6.45, 7) is 3.02. The molecular formula is C20H20N4O3S. The van der Waals surface area contributed by atoms with E-state index < -0.39 is 0 Å². The third kappa shape index (κ3) is 3.87. The molecule has 2 amide bonds. The molecule has 1 saturated heterocycles. The fourth-order valence-electron chi connectivity index (χ4n) is 3.38. The van der Waals surface area contributed by atoms with Gasteiger partial charge in [-0.15, -0.1) is 0 Å². The van der Waals surface area contributed by atoms with E-state index in [4.69, 9.17) is 10.5 Å². The second-order valence-corrected chi connectivity index (χ2v) is 7.84. The van der Waals surface area contributed by atoms with Crippen LogP contribution in [0.3, 0.4) is 0 Å². The van der Waals surface area contributed by atoms with E-state index in [1.807, 2.05) is 29.2 Å². The number of carbonyl (C=O) groups excluding carboxylic acids is 2. The van der Waals surface area contributed by atoms with E-state index in [2.05, 4.69) is 9.98 Å². The predicted octanol–water partition coefficient (Wildman–Crippen LogP) is 2.55. The highest BCUT2D eigenvalue weighted by Crippen LogP contribution is 2.31. The Kier molecular flexibility index (Phi) is 5.04. The number of amidine groups is 1. The molecule has 2 aromatic rings. The van der Waals surface area contributed by atoms with Crippen LogP contribution >= 0.6 is 11.8 Å². The van der Waals surface area contributed by atoms with Crippen LogP contribution in [0.2, 0.25) is 0 Å². The van der Waals surface area contributed by atoms with Crippen molar-refractivity contribution in [3.63, 3.8) is 0 Å². The van der Waals surface area contributed by atoms with Crippen molar-refractivity contribution in [1.82, 2.24) is 9.88 Å². The van der Waals surface area contributed by atoms with Gasteiger partial charge >= 0.3 is 0 Å². The molecule has 7 nitrogen and oxygen atoms in total. The van der Waals surface area contributed by atoms with E-state index in [1.54, 1.807) is 19.2 Å². The van der Waals surface area contributed by atoms with Gasteiger partial charge in [0.15, 0.2) is 5.17 Å². The first-order valence-electron chi connectivity index (χ1n) is 9.08. The molecular weight excluding hydrogens is 376 g/mol. The Morgan fingerprint density at radius 2 is 2.11 bits per heavy atom. The second kappa shape index (κ2) is 7.63. The van der Waals surface area contributed by atoms with Crippen LogP contribution in [0.5, 0.6) is 5.75 Å². The highest BCUT2D eigenvalue weighted by molar-refractivity contribution is 8.18. The van der Waals surface area contributed by atoms with Gasteiger partial charge in [0.25, 0.3) is 5.91 Å². The van der Waals surface area contributed by atoms with Crippen molar-refractivity contribution in [2.75, 3.05) is 13.1 Å². The molecule has 3 heterocycles. The molecule has 0 unspecified atom stereocenters. The summed E-state index contributed by atoms with van der Waals surface area (Å²) in [4.78, 5) is 33.8. The fraction of sp³-hybridized carbons (Fsp3) is 0.300. The molecule has 2 aliphatic rings. The number of hydrogen-bond donors (Lipinski definition) is 1. The summed E-state index contributed by atoms with van der Waals surface area (Å²) < 4.78 is 6.25. The van der Waals surface area contributed by atoms with Crippen molar-refractivity contribution in [1.29, 1.82) is 0 Å². The Balaban J connectivity index is 1.57. The third-order valence-electron chi connectivity index (χ3n) is 4.84. The molecule has 1 aromatic carbocycles. The SMILES string of the molecule is CC(=O)N1CCC(Oc2ccnc3ccc(C=C4SC(N)=NC4=O)cc23)CC1. The van der Waals surface area contributed by atoms with Gasteiger partial charge in [-0.25, -0.2) is 0 Å². The van der Waals surface area contributed by atoms with Gasteiger partial charge in [0.05, 0.1) is 10.4 Å². The van der Waals surface area contributed by atoms with E-state index in [0.29, 0.717) is 18.0 Å². The molecule has 0 radical (unpaired) electrons. The summed E-state index contributed by atoms with van der Waals surface area (Å²) in [7, 11) is 0. The lowest BCUT2D eigenvalue weighted by molar-refractivity contribution is -0.130. The Hall–Kier alpha value is -2.87. The van der Waals surface area contributed by atoms with E-state index in [-0.39, 0.29) is 23.1 Å². The standard InChI is InChI=1S/C20H20N4O3S/c1-12(25)24-8-5-14(6-9-24)27-17-4-7-22-16-3-2-13(10-15(16)17)11-18-19(26)23-20(21)28-18/h2-4,7,10-11,14H,5-6,8-9H2,1H3,(H2,21,23,26). The van der Waals surface area contributed by atoms with Gasteiger partial charge in [0.2, 0.25) is 5.91 Å². The number of hydrogen-bond acceptors (Lipinski definition) is 6. The molecule has 144 valence electrons. The molecule has 0 atom stereocenters. The van der Waals surface area contributed by atoms with Gasteiger partial charge in [-0.05, 0) is 41.6 Å². The number of fused-ring (bicyclic) bond motifs is 1. The van der Waals surface area contributed by atoms with Crippen molar-refractivity contribution < 1.29 is 14.3 Å². The number of benzene rings is 1. The van der Waals surface area contributed by atoms with Gasteiger partial charge in [-0.3, -0.25) is 14.6 Å². The van der Waals surface area contributed by atoms with Crippen molar-refractivity contribution in [2.45, 2.75) is 25.9 Å². The molecule has 2 aliphatic heterocycles. The van der Waals surface area contributed by atoms with Crippen LogP contribution in [-0.2, 0) is 9.59 Å². The van der Waals surface area contributed by atoms with Crippen molar-refractivity contribution >= 4 is 45.7 Å². The third-order valence-corrected chi connectivity index (χ3v) is 5.65. The van der Waals surface area contributed by atoms with Crippen LogP contribution in [0, 0.1) is 0 Å². The van der Waals surface area contributed by atoms with Crippen LogP contribution in [0.4, 0.5) is 0 Å². The van der Waals surface area contributed by atoms with Gasteiger partial charge < -0.3 is 15.4 Å². The average Bonchev–Trinajstić information content (AvgIpc) is 2.99. The maximum Gasteiger partial charge on any atom is 0.286 e. The first-order chi connectivity index (χ1) is 13.5. The number of carbonyl (C=O) groups is 2. The molecule has 2 N–H and O–H groups in total. The van der Waals surface area contributed by atoms with Crippen LogP contribution in [0.25, 0.3) is 17.0 Å². The van der Waals surface area contributed by atoms with Crippen molar-refractivity contribution in [3.05, 3.63) is 40.9 Å². The van der Waals surface area contributed by atoms with Gasteiger partial charge in [0.1, 0.15) is 11.9 Å². The number of ether oxygens (including phenoxy) is 1. The minimum absolute atomic E-state index is 0.0587. The van der Waals surface area contributed by atoms with E-state index in [0.717, 1.165) is 35.1 Å². The predicted molar refractivity (Wildman–Crippen MR) is 110 cm³/mol. The molecule has 28 heavy (non-hydrogen) atoms. The minimum Gasteiger partial charge on any atom is -0.490 e. The van der Waals surface area contributed by atoms with Gasteiger partial charge in [0, 0.05) is 44.4 Å². The zero-order chi connectivity index (χ0) is 19.7. The topological polar surface area (TPSA) is 97.9 Å². The lowest BCUT2D eigenvalue weighted by Crippen LogP contribution is -2.40. The quantitative estimate of drug-likeness (QED) is 0.801. The largest absolute Gasteiger partial charge is 0.490 e. The van der Waals surface area contributed by atoms with Gasteiger partial charge in [-0.1, -0.05) is 6.07 Å².